The third kappa shape index (κ3) is 6.06. The molecule has 0 bridgehead atoms. The molecule has 0 atom stereocenters. The number of para-hydroxylation sites is 2. The highest BCUT2D eigenvalue weighted by atomic mass is 32.3. The quantitative estimate of drug-likeness (QED) is 0.284. The van der Waals surface area contributed by atoms with E-state index in [1.165, 1.54) is 12.1 Å². The molecule has 5 rings (SSSR count). The van der Waals surface area contributed by atoms with Crippen LogP contribution >= 0.6 is 22.7 Å². The minimum absolute atomic E-state index is 0.0840. The summed E-state index contributed by atoms with van der Waals surface area (Å²) in [5, 5.41) is 0.809. The summed E-state index contributed by atoms with van der Waals surface area (Å²) in [4.78, 5) is 14.9. The fourth-order valence-corrected chi connectivity index (χ4v) is 9.16. The SMILES string of the molecule is CC(C)(C)OC(=O)N1CCc2sc(S(=O)(=O)Nc3ccccc3NS(=O)(=O)c3cc4ccccc4s3)cc2C1. The second-order valence-electron chi connectivity index (χ2n) is 10.0. The Bertz CT molecular complexity index is 1740. The molecule has 13 heteroatoms. The second kappa shape index (κ2) is 10.1. The van der Waals surface area contributed by atoms with Gasteiger partial charge in [-0.15, -0.1) is 22.7 Å². The van der Waals surface area contributed by atoms with Gasteiger partial charge in [0.25, 0.3) is 20.0 Å². The standard InChI is InChI=1S/C26H27N3O6S4/c1-26(2,3)35-25(30)29-13-12-22-18(16-29)15-24(37-22)39(33,34)28-20-10-6-5-9-19(20)27-38(31,32)23-14-17-8-4-7-11-21(17)36-23/h4-11,14-15,27-28H,12-13,16H2,1-3H3. The van der Waals surface area contributed by atoms with Gasteiger partial charge in [-0.1, -0.05) is 30.3 Å². The number of nitrogens with zero attached hydrogens (tertiary/aromatic N) is 1. The molecule has 0 saturated heterocycles. The smallest absolute Gasteiger partial charge is 0.410 e. The third-order valence-corrected chi connectivity index (χ3v) is 11.9. The van der Waals surface area contributed by atoms with E-state index in [0.717, 1.165) is 43.2 Å². The molecule has 0 spiro atoms. The summed E-state index contributed by atoms with van der Waals surface area (Å²) in [5.41, 5.74) is 0.326. The zero-order chi connectivity index (χ0) is 28.0. The molecule has 0 aliphatic carbocycles. The Morgan fingerprint density at radius 3 is 2.08 bits per heavy atom. The number of benzene rings is 2. The Kier molecular flexibility index (Phi) is 7.12. The summed E-state index contributed by atoms with van der Waals surface area (Å²) < 4.78 is 64.5. The zero-order valence-electron chi connectivity index (χ0n) is 21.4. The summed E-state index contributed by atoms with van der Waals surface area (Å²) >= 11 is 2.28. The van der Waals surface area contributed by atoms with Gasteiger partial charge in [-0.2, -0.15) is 0 Å². The highest BCUT2D eigenvalue weighted by Crippen LogP contribution is 2.35. The number of rotatable bonds is 6. The molecule has 9 nitrogen and oxygen atoms in total. The lowest BCUT2D eigenvalue weighted by Crippen LogP contribution is -2.39. The number of anilines is 2. The largest absolute Gasteiger partial charge is 0.444 e. The van der Waals surface area contributed by atoms with Crippen molar-refractivity contribution in [2.45, 2.75) is 47.8 Å². The molecular formula is C26H27N3O6S4. The number of hydrogen-bond donors (Lipinski definition) is 2. The lowest BCUT2D eigenvalue weighted by atomic mass is 10.1. The number of ether oxygens (including phenoxy) is 1. The van der Waals surface area contributed by atoms with Crippen molar-refractivity contribution in [1.29, 1.82) is 0 Å². The summed E-state index contributed by atoms with van der Waals surface area (Å²) in [7, 11) is -8.00. The first-order valence-corrected chi connectivity index (χ1v) is 16.6. The van der Waals surface area contributed by atoms with Crippen LogP contribution in [0.5, 0.6) is 0 Å². The van der Waals surface area contributed by atoms with Gasteiger partial charge in [0.15, 0.2) is 0 Å². The number of hydrogen-bond acceptors (Lipinski definition) is 8. The fraction of sp³-hybridized carbons (Fsp3) is 0.269. The Hall–Kier alpha value is -3.13. The minimum atomic E-state index is -4.04. The lowest BCUT2D eigenvalue weighted by molar-refractivity contribution is 0.0225. The number of thiophene rings is 2. The fourth-order valence-electron chi connectivity index (χ4n) is 4.06. The number of fused-ring (bicyclic) bond motifs is 2. The van der Waals surface area contributed by atoms with E-state index in [9.17, 15) is 21.6 Å². The Labute approximate surface area is 235 Å². The maximum Gasteiger partial charge on any atom is 0.410 e. The van der Waals surface area contributed by atoms with E-state index in [0.29, 0.717) is 13.0 Å². The van der Waals surface area contributed by atoms with Crippen LogP contribution in [0.4, 0.5) is 16.2 Å². The molecule has 3 heterocycles. The lowest BCUT2D eigenvalue weighted by Gasteiger charge is -2.29. The van der Waals surface area contributed by atoms with Crippen LogP contribution in [0, 0.1) is 0 Å². The molecule has 0 fully saturated rings. The molecule has 0 saturated carbocycles. The van der Waals surface area contributed by atoms with Gasteiger partial charge in [0.05, 0.1) is 17.9 Å². The highest BCUT2D eigenvalue weighted by molar-refractivity contribution is 7.95. The molecule has 1 amide bonds. The van der Waals surface area contributed by atoms with Crippen LogP contribution in [0.3, 0.4) is 0 Å². The maximum absolute atomic E-state index is 13.3. The molecule has 4 aromatic rings. The molecule has 39 heavy (non-hydrogen) atoms. The van der Waals surface area contributed by atoms with Crippen molar-refractivity contribution in [2.75, 3.05) is 16.0 Å². The predicted molar refractivity (Wildman–Crippen MR) is 155 cm³/mol. The van der Waals surface area contributed by atoms with Gasteiger partial charge in [-0.05, 0) is 68.5 Å². The van der Waals surface area contributed by atoms with Gasteiger partial charge in [0.1, 0.15) is 14.0 Å². The van der Waals surface area contributed by atoms with Crippen LogP contribution in [0.15, 0.2) is 69.1 Å². The topological polar surface area (TPSA) is 122 Å². The Morgan fingerprint density at radius 1 is 0.872 bits per heavy atom. The van der Waals surface area contributed by atoms with Crippen molar-refractivity contribution in [2.24, 2.45) is 0 Å². The van der Waals surface area contributed by atoms with E-state index in [2.05, 4.69) is 9.44 Å². The number of carbonyl (C=O) groups is 1. The van der Waals surface area contributed by atoms with Crippen LogP contribution in [-0.2, 0) is 37.7 Å². The molecule has 0 unspecified atom stereocenters. The van der Waals surface area contributed by atoms with Crippen molar-refractivity contribution in [3.63, 3.8) is 0 Å². The van der Waals surface area contributed by atoms with E-state index in [4.69, 9.17) is 4.74 Å². The van der Waals surface area contributed by atoms with Gasteiger partial charge in [-0.25, -0.2) is 21.6 Å². The Balaban J connectivity index is 1.36. The summed E-state index contributed by atoms with van der Waals surface area (Å²) in [6.45, 7) is 6.06. The summed E-state index contributed by atoms with van der Waals surface area (Å²) in [5.74, 6) is 0. The van der Waals surface area contributed by atoms with Crippen molar-refractivity contribution in [1.82, 2.24) is 4.90 Å². The van der Waals surface area contributed by atoms with Crippen molar-refractivity contribution < 1.29 is 26.4 Å². The van der Waals surface area contributed by atoms with Crippen LogP contribution in [0.25, 0.3) is 10.1 Å². The van der Waals surface area contributed by atoms with Crippen molar-refractivity contribution in [3.05, 3.63) is 71.1 Å². The highest BCUT2D eigenvalue weighted by Gasteiger charge is 2.29. The molecule has 206 valence electrons. The minimum Gasteiger partial charge on any atom is -0.444 e. The van der Waals surface area contributed by atoms with Crippen LogP contribution in [0.2, 0.25) is 0 Å². The van der Waals surface area contributed by atoms with E-state index in [1.807, 2.05) is 24.3 Å². The molecule has 2 aromatic carbocycles. The van der Waals surface area contributed by atoms with Gasteiger partial charge in [0, 0.05) is 16.1 Å². The molecule has 1 aliphatic rings. The van der Waals surface area contributed by atoms with E-state index in [-0.39, 0.29) is 26.3 Å². The molecule has 0 radical (unpaired) electrons. The number of sulfonamides is 2. The van der Waals surface area contributed by atoms with Crippen LogP contribution < -0.4 is 9.44 Å². The first kappa shape index (κ1) is 27.4. The van der Waals surface area contributed by atoms with Gasteiger partial charge >= 0.3 is 6.09 Å². The predicted octanol–water partition coefficient (Wildman–Crippen LogP) is 5.86. The van der Waals surface area contributed by atoms with Crippen molar-refractivity contribution in [3.8, 4) is 0 Å². The van der Waals surface area contributed by atoms with Gasteiger partial charge < -0.3 is 9.64 Å². The average Bonchev–Trinajstić information content (AvgIpc) is 3.49. The van der Waals surface area contributed by atoms with Gasteiger partial charge in [0.2, 0.25) is 0 Å². The van der Waals surface area contributed by atoms with E-state index >= 15 is 0 Å². The first-order chi connectivity index (χ1) is 18.3. The summed E-state index contributed by atoms with van der Waals surface area (Å²) in [6.07, 6.45) is 0.0714. The number of nitrogens with one attached hydrogen (secondary N) is 2. The monoisotopic (exact) mass is 605 g/mol. The summed E-state index contributed by atoms with van der Waals surface area (Å²) in [6, 6.07) is 16.7. The van der Waals surface area contributed by atoms with Gasteiger partial charge in [-0.3, -0.25) is 9.44 Å². The van der Waals surface area contributed by atoms with Crippen LogP contribution in [0.1, 0.15) is 31.2 Å². The molecular weight excluding hydrogens is 579 g/mol. The van der Waals surface area contributed by atoms with Crippen molar-refractivity contribution >= 4 is 70.3 Å². The number of amides is 1. The van der Waals surface area contributed by atoms with E-state index in [1.54, 1.807) is 49.9 Å². The third-order valence-electron chi connectivity index (χ3n) is 5.84. The first-order valence-electron chi connectivity index (χ1n) is 12.0. The zero-order valence-corrected chi connectivity index (χ0v) is 24.7. The molecule has 2 N–H and O–H groups in total. The normalized spacial score (nSPS) is 14.2. The number of carbonyl (C=O) groups excluding carboxylic acids is 1. The average molecular weight is 606 g/mol. The maximum atomic E-state index is 13.3. The van der Waals surface area contributed by atoms with Crippen LogP contribution in [-0.4, -0.2) is 40.0 Å². The molecule has 1 aliphatic heterocycles. The Morgan fingerprint density at radius 2 is 1.46 bits per heavy atom. The molecule has 2 aromatic heterocycles. The second-order valence-corrected chi connectivity index (χ2v) is 16.1. The van der Waals surface area contributed by atoms with E-state index < -0.39 is 31.7 Å².